The molecule has 0 saturated carbocycles. The number of nitrogens with zero attached hydrogens (tertiary/aromatic N) is 4. The maximum absolute atomic E-state index is 12.3. The molecule has 8 heteroatoms. The topological polar surface area (TPSA) is 92.2 Å². The number of fused-ring (bicyclic) bond motifs is 1. The largest absolute Gasteiger partial charge is 0.349 e. The molecule has 0 saturated heterocycles. The van der Waals surface area contributed by atoms with Gasteiger partial charge < -0.3 is 20.1 Å². The first kappa shape index (κ1) is 20.6. The highest BCUT2D eigenvalue weighted by atomic mass is 16.2. The van der Waals surface area contributed by atoms with Crippen LogP contribution in [0.4, 0.5) is 11.6 Å². The molecule has 0 atom stereocenters. The predicted molar refractivity (Wildman–Crippen MR) is 119 cm³/mol. The summed E-state index contributed by atoms with van der Waals surface area (Å²) in [5, 5.41) is 6.13. The Kier molecular flexibility index (Phi) is 5.46. The van der Waals surface area contributed by atoms with Gasteiger partial charge in [-0.3, -0.25) is 9.59 Å². The van der Waals surface area contributed by atoms with Crippen LogP contribution in [0.25, 0.3) is 11.3 Å². The third kappa shape index (κ3) is 4.01. The number of carbonyl (C=O) groups is 2. The van der Waals surface area contributed by atoms with Crippen molar-refractivity contribution in [3.8, 4) is 11.3 Å². The minimum absolute atomic E-state index is 0.0432. The maximum Gasteiger partial charge on any atom is 0.268 e. The number of anilines is 2. The van der Waals surface area contributed by atoms with Crippen molar-refractivity contribution >= 4 is 23.5 Å². The first-order chi connectivity index (χ1) is 14.8. The fraction of sp³-hybridized carbons (Fsp3) is 0.304. The summed E-state index contributed by atoms with van der Waals surface area (Å²) in [7, 11) is 3.50. The zero-order valence-corrected chi connectivity index (χ0v) is 18.2. The Hall–Kier alpha value is -3.68. The number of hydrogen-bond acceptors (Lipinski definition) is 5. The van der Waals surface area contributed by atoms with Crippen molar-refractivity contribution in [2.45, 2.75) is 26.8 Å². The Morgan fingerprint density at radius 2 is 1.94 bits per heavy atom. The number of carbonyl (C=O) groups excluding carboxylic acids is 2. The summed E-state index contributed by atoms with van der Waals surface area (Å²) in [5.74, 6) is 0.492. The molecule has 160 valence electrons. The van der Waals surface area contributed by atoms with Crippen LogP contribution in [0.3, 0.4) is 0 Å². The van der Waals surface area contributed by atoms with Gasteiger partial charge in [0.15, 0.2) is 0 Å². The SMILES string of the molecule is Cc1c(-c2ccnc(Nc3ccc(CC(=O)N(C)C)cc3)n2)c(C)n2c1C(=O)NCC2. The van der Waals surface area contributed by atoms with Gasteiger partial charge >= 0.3 is 0 Å². The van der Waals surface area contributed by atoms with Crippen LogP contribution in [0.15, 0.2) is 36.5 Å². The van der Waals surface area contributed by atoms with Crippen molar-refractivity contribution in [1.82, 2.24) is 24.8 Å². The van der Waals surface area contributed by atoms with Crippen molar-refractivity contribution in [2.75, 3.05) is 26.0 Å². The van der Waals surface area contributed by atoms with Crippen molar-refractivity contribution in [3.63, 3.8) is 0 Å². The molecule has 0 fully saturated rings. The first-order valence-electron chi connectivity index (χ1n) is 10.2. The molecule has 0 aliphatic carbocycles. The zero-order valence-electron chi connectivity index (χ0n) is 18.2. The second-order valence-electron chi connectivity index (χ2n) is 7.89. The second-order valence-corrected chi connectivity index (χ2v) is 7.89. The van der Waals surface area contributed by atoms with Gasteiger partial charge in [-0.25, -0.2) is 9.97 Å². The van der Waals surface area contributed by atoms with Gasteiger partial charge in [-0.1, -0.05) is 12.1 Å². The Morgan fingerprint density at radius 1 is 1.19 bits per heavy atom. The Labute approximate surface area is 181 Å². The van der Waals surface area contributed by atoms with Crippen LogP contribution in [-0.4, -0.2) is 51.9 Å². The quantitative estimate of drug-likeness (QED) is 0.665. The van der Waals surface area contributed by atoms with E-state index in [1.54, 1.807) is 25.2 Å². The molecule has 8 nitrogen and oxygen atoms in total. The monoisotopic (exact) mass is 418 g/mol. The number of hydrogen-bond donors (Lipinski definition) is 2. The molecule has 2 amide bonds. The minimum atomic E-state index is -0.0432. The standard InChI is InChI=1S/C23H26N6O2/c1-14-20(15(2)29-12-11-24-22(31)21(14)29)18-9-10-25-23(27-18)26-17-7-5-16(6-8-17)13-19(30)28(3)4/h5-10H,11-13H2,1-4H3,(H,24,31)(H,25,26,27). The smallest absolute Gasteiger partial charge is 0.268 e. The number of rotatable bonds is 5. The molecule has 2 N–H and O–H groups in total. The maximum atomic E-state index is 12.3. The molecule has 0 unspecified atom stereocenters. The van der Waals surface area contributed by atoms with Crippen LogP contribution in [0.2, 0.25) is 0 Å². The first-order valence-corrected chi connectivity index (χ1v) is 10.2. The summed E-state index contributed by atoms with van der Waals surface area (Å²) < 4.78 is 2.06. The van der Waals surface area contributed by atoms with Gasteiger partial charge in [-0.2, -0.15) is 0 Å². The van der Waals surface area contributed by atoms with Crippen molar-refractivity contribution < 1.29 is 9.59 Å². The summed E-state index contributed by atoms with van der Waals surface area (Å²) in [4.78, 5) is 34.8. The van der Waals surface area contributed by atoms with Gasteiger partial charge in [0.25, 0.3) is 5.91 Å². The highest BCUT2D eigenvalue weighted by Crippen LogP contribution is 2.32. The minimum Gasteiger partial charge on any atom is -0.349 e. The van der Waals surface area contributed by atoms with Crippen LogP contribution in [-0.2, 0) is 17.8 Å². The molecular weight excluding hydrogens is 392 g/mol. The lowest BCUT2D eigenvalue weighted by atomic mass is 10.1. The lowest BCUT2D eigenvalue weighted by Crippen LogP contribution is -2.35. The second kappa shape index (κ2) is 8.22. The van der Waals surface area contributed by atoms with E-state index >= 15 is 0 Å². The van der Waals surface area contributed by atoms with Gasteiger partial charge in [0, 0.05) is 50.3 Å². The third-order valence-electron chi connectivity index (χ3n) is 5.58. The lowest BCUT2D eigenvalue weighted by molar-refractivity contribution is -0.127. The van der Waals surface area contributed by atoms with E-state index in [0.29, 0.717) is 24.6 Å². The fourth-order valence-electron chi connectivity index (χ4n) is 3.94. The van der Waals surface area contributed by atoms with Crippen LogP contribution in [0.1, 0.15) is 27.3 Å². The zero-order chi connectivity index (χ0) is 22.1. The van der Waals surface area contributed by atoms with Gasteiger partial charge in [0.1, 0.15) is 5.69 Å². The molecule has 31 heavy (non-hydrogen) atoms. The highest BCUT2D eigenvalue weighted by molar-refractivity contribution is 5.97. The molecule has 1 aromatic carbocycles. The molecule has 0 spiro atoms. The summed E-state index contributed by atoms with van der Waals surface area (Å²) >= 11 is 0. The molecule has 4 rings (SSSR count). The van der Waals surface area contributed by atoms with Crippen LogP contribution in [0.5, 0.6) is 0 Å². The van der Waals surface area contributed by atoms with E-state index in [9.17, 15) is 9.59 Å². The molecule has 2 aromatic heterocycles. The van der Waals surface area contributed by atoms with Crippen molar-refractivity contribution in [3.05, 3.63) is 59.0 Å². The average Bonchev–Trinajstić information content (AvgIpc) is 3.01. The molecule has 1 aliphatic rings. The van der Waals surface area contributed by atoms with Crippen LogP contribution in [0, 0.1) is 13.8 Å². The molecule has 1 aliphatic heterocycles. The van der Waals surface area contributed by atoms with E-state index in [1.807, 2.05) is 44.2 Å². The molecule has 0 bridgehead atoms. The fourth-order valence-corrected chi connectivity index (χ4v) is 3.94. The number of benzene rings is 1. The van der Waals surface area contributed by atoms with Gasteiger partial charge in [-0.05, 0) is 43.2 Å². The van der Waals surface area contributed by atoms with E-state index in [4.69, 9.17) is 4.98 Å². The number of likely N-dealkylation sites (N-methyl/N-ethyl adjacent to an activating group) is 1. The van der Waals surface area contributed by atoms with E-state index < -0.39 is 0 Å². The Morgan fingerprint density at radius 3 is 2.61 bits per heavy atom. The summed E-state index contributed by atoms with van der Waals surface area (Å²) in [6.45, 7) is 5.37. The average molecular weight is 419 g/mol. The number of aromatic nitrogens is 3. The van der Waals surface area contributed by atoms with Gasteiger partial charge in [0.2, 0.25) is 11.9 Å². The van der Waals surface area contributed by atoms with E-state index in [-0.39, 0.29) is 11.8 Å². The molecule has 0 radical (unpaired) electrons. The lowest BCUT2D eigenvalue weighted by Gasteiger charge is -2.17. The molecular formula is C23H26N6O2. The normalized spacial score (nSPS) is 12.8. The predicted octanol–water partition coefficient (Wildman–Crippen LogP) is 2.68. The summed E-state index contributed by atoms with van der Waals surface area (Å²) in [5.41, 5.74) is 6.18. The van der Waals surface area contributed by atoms with Gasteiger partial charge in [-0.15, -0.1) is 0 Å². The van der Waals surface area contributed by atoms with Gasteiger partial charge in [0.05, 0.1) is 12.1 Å². The molecule has 3 heterocycles. The van der Waals surface area contributed by atoms with Crippen LogP contribution >= 0.6 is 0 Å². The van der Waals surface area contributed by atoms with Crippen molar-refractivity contribution in [2.24, 2.45) is 0 Å². The highest BCUT2D eigenvalue weighted by Gasteiger charge is 2.26. The van der Waals surface area contributed by atoms with Crippen LogP contribution < -0.4 is 10.6 Å². The third-order valence-corrected chi connectivity index (χ3v) is 5.58. The number of amides is 2. The van der Waals surface area contributed by atoms with E-state index in [2.05, 4.69) is 20.2 Å². The Bertz CT molecular complexity index is 1150. The molecule has 3 aromatic rings. The van der Waals surface area contributed by atoms with E-state index in [0.717, 1.165) is 40.3 Å². The van der Waals surface area contributed by atoms with Crippen molar-refractivity contribution in [1.29, 1.82) is 0 Å². The van der Waals surface area contributed by atoms with E-state index in [1.165, 1.54) is 0 Å². The summed E-state index contributed by atoms with van der Waals surface area (Å²) in [6, 6.07) is 9.52. The number of nitrogens with one attached hydrogen (secondary N) is 2. The summed E-state index contributed by atoms with van der Waals surface area (Å²) in [6.07, 6.45) is 2.08. The Balaban J connectivity index is 1.58.